The monoisotopic (exact) mass is 332 g/mol. The first-order chi connectivity index (χ1) is 9.65. The van der Waals surface area contributed by atoms with Gasteiger partial charge < -0.3 is 10.6 Å². The molecule has 2 aromatic carbocycles. The Labute approximate surface area is 129 Å². The highest BCUT2D eigenvalue weighted by Gasteiger charge is 2.03. The summed E-state index contributed by atoms with van der Waals surface area (Å²) in [6, 6.07) is 16.8. The molecule has 0 saturated heterocycles. The number of anilines is 1. The van der Waals surface area contributed by atoms with Crippen molar-refractivity contribution in [3.63, 3.8) is 0 Å². The number of halogens is 1. The normalized spacial score (nSPS) is 10.9. The van der Waals surface area contributed by atoms with Crippen LogP contribution in [0.15, 0.2) is 53.0 Å². The number of nitrogens with two attached hydrogens (primary N) is 1. The van der Waals surface area contributed by atoms with E-state index in [2.05, 4.69) is 64.3 Å². The second-order valence-electron chi connectivity index (χ2n) is 5.18. The molecule has 106 valence electrons. The largest absolute Gasteiger partial charge is 0.398 e. The van der Waals surface area contributed by atoms with E-state index < -0.39 is 0 Å². The highest BCUT2D eigenvalue weighted by molar-refractivity contribution is 9.10. The van der Waals surface area contributed by atoms with Crippen LogP contribution in [0, 0.1) is 0 Å². The number of hydrogen-bond acceptors (Lipinski definition) is 2. The lowest BCUT2D eigenvalue weighted by atomic mass is 10.1. The maximum Gasteiger partial charge on any atom is 0.0461 e. The molecular weight excluding hydrogens is 312 g/mol. The summed E-state index contributed by atoms with van der Waals surface area (Å²) in [5, 5.41) is 0. The predicted molar refractivity (Wildman–Crippen MR) is 89.7 cm³/mol. The summed E-state index contributed by atoms with van der Waals surface area (Å²) in [4.78, 5) is 2.34. The molecule has 2 nitrogen and oxygen atoms in total. The molecule has 0 aliphatic heterocycles. The first-order valence-electron chi connectivity index (χ1n) is 6.91. The molecule has 0 aliphatic rings. The predicted octanol–water partition coefficient (Wildman–Crippen LogP) is 4.10. The summed E-state index contributed by atoms with van der Waals surface area (Å²) in [6.45, 7) is 2.02. The minimum Gasteiger partial charge on any atom is -0.398 e. The molecule has 0 saturated carbocycles. The molecule has 20 heavy (non-hydrogen) atoms. The Morgan fingerprint density at radius 2 is 1.80 bits per heavy atom. The van der Waals surface area contributed by atoms with Gasteiger partial charge in [-0.3, -0.25) is 0 Å². The van der Waals surface area contributed by atoms with Crippen molar-refractivity contribution in [3.8, 4) is 0 Å². The molecule has 0 radical (unpaired) electrons. The molecule has 2 aromatic rings. The van der Waals surface area contributed by atoms with Crippen LogP contribution in [-0.4, -0.2) is 18.5 Å². The summed E-state index contributed by atoms with van der Waals surface area (Å²) in [5.41, 5.74) is 9.38. The van der Waals surface area contributed by atoms with Crippen molar-refractivity contribution in [1.29, 1.82) is 0 Å². The van der Waals surface area contributed by atoms with Crippen LogP contribution in [0.2, 0.25) is 0 Å². The maximum atomic E-state index is 5.91. The third kappa shape index (κ3) is 4.66. The Bertz CT molecular complexity index is 540. The molecule has 2 N–H and O–H groups in total. The van der Waals surface area contributed by atoms with Crippen LogP contribution in [0.3, 0.4) is 0 Å². The Morgan fingerprint density at radius 3 is 2.50 bits per heavy atom. The second-order valence-corrected chi connectivity index (χ2v) is 6.04. The fourth-order valence-electron chi connectivity index (χ4n) is 2.28. The van der Waals surface area contributed by atoms with E-state index in [1.54, 1.807) is 0 Å². The van der Waals surface area contributed by atoms with E-state index in [4.69, 9.17) is 5.73 Å². The number of aryl methyl sites for hydroxylation is 1. The zero-order valence-corrected chi connectivity index (χ0v) is 13.4. The topological polar surface area (TPSA) is 29.3 Å². The summed E-state index contributed by atoms with van der Waals surface area (Å²) in [5.74, 6) is 0. The summed E-state index contributed by atoms with van der Waals surface area (Å²) < 4.78 is 0.966. The molecular formula is C17H21BrN2. The van der Waals surface area contributed by atoms with Gasteiger partial charge in [-0.25, -0.2) is 0 Å². The van der Waals surface area contributed by atoms with E-state index >= 15 is 0 Å². The second kappa shape index (κ2) is 7.46. The number of benzene rings is 2. The Morgan fingerprint density at radius 1 is 1.05 bits per heavy atom. The molecule has 0 aromatic heterocycles. The maximum absolute atomic E-state index is 5.91. The molecule has 0 fully saturated rings. The first kappa shape index (κ1) is 15.1. The number of rotatable bonds is 6. The molecule has 0 unspecified atom stereocenters. The van der Waals surface area contributed by atoms with Gasteiger partial charge in [0.1, 0.15) is 0 Å². The van der Waals surface area contributed by atoms with Crippen molar-refractivity contribution >= 4 is 21.6 Å². The average Bonchev–Trinajstić information content (AvgIpc) is 2.44. The van der Waals surface area contributed by atoms with Crippen molar-refractivity contribution in [2.24, 2.45) is 0 Å². The average molecular weight is 333 g/mol. The summed E-state index contributed by atoms with van der Waals surface area (Å²) in [7, 11) is 2.16. The Balaban J connectivity index is 1.77. The van der Waals surface area contributed by atoms with Crippen molar-refractivity contribution < 1.29 is 0 Å². The van der Waals surface area contributed by atoms with E-state index in [1.165, 1.54) is 17.5 Å². The van der Waals surface area contributed by atoms with Crippen LogP contribution in [0.25, 0.3) is 0 Å². The van der Waals surface area contributed by atoms with Crippen LogP contribution in [0.1, 0.15) is 17.5 Å². The summed E-state index contributed by atoms with van der Waals surface area (Å²) in [6.07, 6.45) is 2.31. The van der Waals surface area contributed by atoms with Gasteiger partial charge in [0.15, 0.2) is 0 Å². The van der Waals surface area contributed by atoms with Gasteiger partial charge in [0.25, 0.3) is 0 Å². The van der Waals surface area contributed by atoms with Gasteiger partial charge in [-0.05, 0) is 65.6 Å². The quantitative estimate of drug-likeness (QED) is 0.807. The van der Waals surface area contributed by atoms with E-state index in [9.17, 15) is 0 Å². The molecule has 0 amide bonds. The van der Waals surface area contributed by atoms with Crippen LogP contribution < -0.4 is 5.73 Å². The summed E-state index contributed by atoms with van der Waals surface area (Å²) >= 11 is 3.42. The van der Waals surface area contributed by atoms with E-state index in [1.807, 2.05) is 12.1 Å². The highest BCUT2D eigenvalue weighted by atomic mass is 79.9. The smallest absolute Gasteiger partial charge is 0.0461 e. The lowest BCUT2D eigenvalue weighted by Crippen LogP contribution is -2.19. The third-order valence-corrected chi connectivity index (χ3v) is 4.08. The minimum atomic E-state index is 0.806. The molecule has 3 heteroatoms. The van der Waals surface area contributed by atoms with E-state index in [0.29, 0.717) is 0 Å². The Kier molecular flexibility index (Phi) is 5.62. The van der Waals surface area contributed by atoms with Crippen molar-refractivity contribution in [1.82, 2.24) is 4.90 Å². The van der Waals surface area contributed by atoms with Gasteiger partial charge in [0, 0.05) is 16.7 Å². The number of hydrogen-bond donors (Lipinski definition) is 1. The third-order valence-electron chi connectivity index (χ3n) is 3.36. The molecule has 0 bridgehead atoms. The SMILES string of the molecule is CN(CCCc1ccccc1)Cc1ccc(Br)c(N)c1. The molecule has 0 spiro atoms. The van der Waals surface area contributed by atoms with Crippen molar-refractivity contribution in [2.45, 2.75) is 19.4 Å². The van der Waals surface area contributed by atoms with Crippen molar-refractivity contribution in [3.05, 3.63) is 64.1 Å². The van der Waals surface area contributed by atoms with Crippen LogP contribution in [0.4, 0.5) is 5.69 Å². The lowest BCUT2D eigenvalue weighted by molar-refractivity contribution is 0.322. The molecule has 0 atom stereocenters. The molecule has 0 heterocycles. The van der Waals surface area contributed by atoms with Crippen LogP contribution >= 0.6 is 15.9 Å². The van der Waals surface area contributed by atoms with Crippen LogP contribution in [0.5, 0.6) is 0 Å². The standard InChI is InChI=1S/C17H21BrN2/c1-20(11-5-8-14-6-3-2-4-7-14)13-15-9-10-16(18)17(19)12-15/h2-4,6-7,9-10,12H,5,8,11,13,19H2,1H3. The van der Waals surface area contributed by atoms with Gasteiger partial charge in [-0.15, -0.1) is 0 Å². The minimum absolute atomic E-state index is 0.806. The van der Waals surface area contributed by atoms with Gasteiger partial charge in [0.2, 0.25) is 0 Å². The van der Waals surface area contributed by atoms with Gasteiger partial charge in [-0.2, -0.15) is 0 Å². The van der Waals surface area contributed by atoms with Crippen LogP contribution in [-0.2, 0) is 13.0 Å². The molecule has 0 aliphatic carbocycles. The zero-order valence-electron chi connectivity index (χ0n) is 11.8. The fraction of sp³-hybridized carbons (Fsp3) is 0.294. The zero-order chi connectivity index (χ0) is 14.4. The molecule has 2 rings (SSSR count). The number of nitrogens with zero attached hydrogens (tertiary/aromatic N) is 1. The van der Waals surface area contributed by atoms with E-state index in [-0.39, 0.29) is 0 Å². The van der Waals surface area contributed by atoms with E-state index in [0.717, 1.165) is 29.7 Å². The first-order valence-corrected chi connectivity index (χ1v) is 7.71. The van der Waals surface area contributed by atoms with Gasteiger partial charge in [0.05, 0.1) is 0 Å². The highest BCUT2D eigenvalue weighted by Crippen LogP contribution is 2.20. The fourth-order valence-corrected chi connectivity index (χ4v) is 2.53. The Hall–Kier alpha value is -1.32. The van der Waals surface area contributed by atoms with Gasteiger partial charge in [-0.1, -0.05) is 36.4 Å². The number of nitrogen functional groups attached to an aromatic ring is 1. The van der Waals surface area contributed by atoms with Gasteiger partial charge >= 0.3 is 0 Å². The lowest BCUT2D eigenvalue weighted by Gasteiger charge is -2.17. The van der Waals surface area contributed by atoms with Crippen molar-refractivity contribution in [2.75, 3.05) is 19.3 Å².